The Bertz CT molecular complexity index is 545. The summed E-state index contributed by atoms with van der Waals surface area (Å²) in [4.78, 5) is 12.2. The number of halogens is 2. The monoisotopic (exact) mass is 295 g/mol. The predicted molar refractivity (Wildman–Crippen MR) is 73.6 cm³/mol. The minimum Gasteiger partial charge on any atom is -0.396 e. The van der Waals surface area contributed by atoms with Crippen LogP contribution in [0, 0.1) is 23.5 Å². The number of hydrogen-bond donors (Lipinski definition) is 2. The van der Waals surface area contributed by atoms with Crippen LogP contribution in [0.4, 0.5) is 8.78 Å². The molecule has 21 heavy (non-hydrogen) atoms. The van der Waals surface area contributed by atoms with E-state index in [0.29, 0.717) is 24.3 Å². The lowest BCUT2D eigenvalue weighted by molar-refractivity contribution is -0.123. The summed E-state index contributed by atoms with van der Waals surface area (Å²) in [6.45, 7) is 0.0497. The largest absolute Gasteiger partial charge is 0.396 e. The van der Waals surface area contributed by atoms with Gasteiger partial charge in [-0.05, 0) is 61.3 Å². The smallest absolute Gasteiger partial charge is 0.223 e. The molecule has 3 nitrogen and oxygen atoms in total. The van der Waals surface area contributed by atoms with E-state index in [1.165, 1.54) is 6.07 Å². The van der Waals surface area contributed by atoms with E-state index in [4.69, 9.17) is 5.11 Å². The molecule has 0 aromatic heterocycles. The number of hydrogen-bond acceptors (Lipinski definition) is 2. The highest BCUT2D eigenvalue weighted by molar-refractivity contribution is 5.83. The normalized spacial score (nSPS) is 25.5. The molecular weight excluding hydrogens is 276 g/mol. The first-order chi connectivity index (χ1) is 10.1. The molecule has 2 aliphatic carbocycles. The molecule has 2 fully saturated rings. The molecule has 0 aliphatic heterocycles. The van der Waals surface area contributed by atoms with Gasteiger partial charge in [-0.1, -0.05) is 0 Å². The van der Waals surface area contributed by atoms with Gasteiger partial charge in [0.05, 0.1) is 0 Å². The van der Waals surface area contributed by atoms with Crippen molar-refractivity contribution in [3.8, 4) is 0 Å². The average Bonchev–Trinajstić information content (AvgIpc) is 3.34. The average molecular weight is 295 g/mol. The standard InChI is InChI=1S/C16H19F2NO2/c17-10-3-4-14(18)12(7-10)11-8-13(11)16(21)19-15(5-6-20)9-1-2-9/h3-4,7,9,11,13,15,20H,1-2,5-6,8H2,(H,19,21). The highest BCUT2D eigenvalue weighted by Crippen LogP contribution is 2.48. The Hall–Kier alpha value is -1.49. The van der Waals surface area contributed by atoms with E-state index in [0.717, 1.165) is 25.0 Å². The molecule has 1 amide bonds. The summed E-state index contributed by atoms with van der Waals surface area (Å²) >= 11 is 0. The second-order valence-electron chi connectivity index (χ2n) is 6.08. The van der Waals surface area contributed by atoms with Crippen molar-refractivity contribution in [2.75, 3.05) is 6.61 Å². The van der Waals surface area contributed by atoms with Crippen LogP contribution in [0.5, 0.6) is 0 Å². The van der Waals surface area contributed by atoms with Crippen molar-refractivity contribution in [3.05, 3.63) is 35.4 Å². The Morgan fingerprint density at radius 1 is 1.38 bits per heavy atom. The van der Waals surface area contributed by atoms with Crippen molar-refractivity contribution in [1.82, 2.24) is 5.32 Å². The Kier molecular flexibility index (Phi) is 3.93. The van der Waals surface area contributed by atoms with E-state index in [-0.39, 0.29) is 30.4 Å². The molecule has 0 heterocycles. The molecule has 2 N–H and O–H groups in total. The van der Waals surface area contributed by atoms with Gasteiger partial charge in [0, 0.05) is 18.6 Å². The molecule has 0 saturated heterocycles. The van der Waals surface area contributed by atoms with Crippen molar-refractivity contribution in [2.45, 2.75) is 37.6 Å². The molecule has 1 aromatic carbocycles. The molecule has 0 bridgehead atoms. The fraction of sp³-hybridized carbons (Fsp3) is 0.562. The molecule has 2 saturated carbocycles. The van der Waals surface area contributed by atoms with E-state index >= 15 is 0 Å². The number of nitrogens with one attached hydrogen (secondary N) is 1. The van der Waals surface area contributed by atoms with Crippen LogP contribution in [-0.4, -0.2) is 23.7 Å². The van der Waals surface area contributed by atoms with Crippen LogP contribution >= 0.6 is 0 Å². The lowest BCUT2D eigenvalue weighted by atomic mass is 10.1. The van der Waals surface area contributed by atoms with Crippen molar-refractivity contribution < 1.29 is 18.7 Å². The van der Waals surface area contributed by atoms with Crippen LogP contribution in [0.15, 0.2) is 18.2 Å². The Balaban J connectivity index is 1.61. The van der Waals surface area contributed by atoms with Crippen LogP contribution < -0.4 is 5.32 Å². The van der Waals surface area contributed by atoms with Gasteiger partial charge in [0.2, 0.25) is 5.91 Å². The second kappa shape index (κ2) is 5.72. The van der Waals surface area contributed by atoms with Gasteiger partial charge in [-0.3, -0.25) is 4.79 Å². The summed E-state index contributed by atoms with van der Waals surface area (Å²) in [5.74, 6) is -1.08. The van der Waals surface area contributed by atoms with E-state index in [9.17, 15) is 13.6 Å². The molecule has 0 spiro atoms. The summed E-state index contributed by atoms with van der Waals surface area (Å²) in [6, 6.07) is 3.39. The van der Waals surface area contributed by atoms with Crippen LogP contribution in [0.2, 0.25) is 0 Å². The van der Waals surface area contributed by atoms with Gasteiger partial charge in [0.25, 0.3) is 0 Å². The quantitative estimate of drug-likeness (QED) is 0.846. The molecule has 2 aliphatic rings. The lowest BCUT2D eigenvalue weighted by Gasteiger charge is -2.17. The lowest BCUT2D eigenvalue weighted by Crippen LogP contribution is -2.38. The molecule has 5 heteroatoms. The number of aliphatic hydroxyl groups excluding tert-OH is 1. The van der Waals surface area contributed by atoms with E-state index in [2.05, 4.69) is 5.32 Å². The third-order valence-corrected chi connectivity index (χ3v) is 4.44. The minimum atomic E-state index is -0.478. The number of benzene rings is 1. The Morgan fingerprint density at radius 3 is 2.81 bits per heavy atom. The van der Waals surface area contributed by atoms with Crippen LogP contribution in [-0.2, 0) is 4.79 Å². The van der Waals surface area contributed by atoms with Gasteiger partial charge in [-0.2, -0.15) is 0 Å². The highest BCUT2D eigenvalue weighted by Gasteiger charge is 2.46. The number of carbonyl (C=O) groups is 1. The van der Waals surface area contributed by atoms with Gasteiger partial charge in [-0.15, -0.1) is 0 Å². The summed E-state index contributed by atoms with van der Waals surface area (Å²) in [5.41, 5.74) is 0.292. The SMILES string of the molecule is O=C(NC(CCO)C1CC1)C1CC1c1cc(F)ccc1F. The molecule has 114 valence electrons. The van der Waals surface area contributed by atoms with E-state index in [1.807, 2.05) is 0 Å². The zero-order valence-corrected chi connectivity index (χ0v) is 11.7. The maximum Gasteiger partial charge on any atom is 0.223 e. The molecule has 3 rings (SSSR count). The zero-order valence-electron chi connectivity index (χ0n) is 11.7. The minimum absolute atomic E-state index is 0.0149. The second-order valence-corrected chi connectivity index (χ2v) is 6.08. The molecule has 0 radical (unpaired) electrons. The van der Waals surface area contributed by atoms with Crippen molar-refractivity contribution in [2.24, 2.45) is 11.8 Å². The summed E-state index contributed by atoms with van der Waals surface area (Å²) in [6.07, 6.45) is 3.28. The summed E-state index contributed by atoms with van der Waals surface area (Å²) in [7, 11) is 0. The molecule has 3 unspecified atom stereocenters. The Morgan fingerprint density at radius 2 is 2.14 bits per heavy atom. The summed E-state index contributed by atoms with van der Waals surface area (Å²) in [5, 5.41) is 12.0. The van der Waals surface area contributed by atoms with Crippen LogP contribution in [0.25, 0.3) is 0 Å². The fourth-order valence-electron chi connectivity index (χ4n) is 2.98. The van der Waals surface area contributed by atoms with Crippen LogP contribution in [0.3, 0.4) is 0 Å². The molecule has 1 aromatic rings. The highest BCUT2D eigenvalue weighted by atomic mass is 19.1. The molecular formula is C16H19F2NO2. The van der Waals surface area contributed by atoms with Gasteiger partial charge >= 0.3 is 0 Å². The van der Waals surface area contributed by atoms with E-state index in [1.54, 1.807) is 0 Å². The third-order valence-electron chi connectivity index (χ3n) is 4.44. The third kappa shape index (κ3) is 3.23. The number of carbonyl (C=O) groups excluding carboxylic acids is 1. The van der Waals surface area contributed by atoms with Gasteiger partial charge in [0.15, 0.2) is 0 Å². The first-order valence-electron chi connectivity index (χ1n) is 7.46. The number of amides is 1. The fourth-order valence-corrected chi connectivity index (χ4v) is 2.98. The first kappa shape index (κ1) is 14.4. The topological polar surface area (TPSA) is 49.3 Å². The van der Waals surface area contributed by atoms with Gasteiger partial charge < -0.3 is 10.4 Å². The zero-order chi connectivity index (χ0) is 15.0. The van der Waals surface area contributed by atoms with Gasteiger partial charge in [0.1, 0.15) is 11.6 Å². The van der Waals surface area contributed by atoms with Crippen molar-refractivity contribution in [1.29, 1.82) is 0 Å². The maximum absolute atomic E-state index is 13.7. The molecule has 3 atom stereocenters. The Labute approximate surface area is 122 Å². The van der Waals surface area contributed by atoms with Gasteiger partial charge in [-0.25, -0.2) is 8.78 Å². The van der Waals surface area contributed by atoms with Crippen molar-refractivity contribution >= 4 is 5.91 Å². The predicted octanol–water partition coefficient (Wildman–Crippen LogP) is 2.35. The van der Waals surface area contributed by atoms with Crippen LogP contribution in [0.1, 0.15) is 37.2 Å². The summed E-state index contributed by atoms with van der Waals surface area (Å²) < 4.78 is 26.9. The van der Waals surface area contributed by atoms with E-state index < -0.39 is 11.6 Å². The number of rotatable bonds is 6. The maximum atomic E-state index is 13.7. The van der Waals surface area contributed by atoms with Crippen molar-refractivity contribution in [3.63, 3.8) is 0 Å². The number of aliphatic hydroxyl groups is 1. The first-order valence-corrected chi connectivity index (χ1v) is 7.46.